The predicted molar refractivity (Wildman–Crippen MR) is 418 cm³/mol. The molecule has 0 saturated carbocycles. The molecule has 111 heavy (non-hydrogen) atoms. The molecule has 4 fully saturated rings. The second kappa shape index (κ2) is 46.1. The van der Waals surface area contributed by atoms with E-state index in [1.54, 1.807) is 24.3 Å². The van der Waals surface area contributed by atoms with Gasteiger partial charge in [0.15, 0.2) is 0 Å². The molecule has 4 aliphatic heterocycles. The second-order valence-electron chi connectivity index (χ2n) is 25.4. The van der Waals surface area contributed by atoms with Crippen molar-refractivity contribution in [1.29, 1.82) is 0 Å². The van der Waals surface area contributed by atoms with Gasteiger partial charge >= 0.3 is 74.8 Å². The Kier molecular flexibility index (Phi) is 40.8. The first-order chi connectivity index (χ1) is 51.8. The van der Waals surface area contributed by atoms with E-state index in [1.807, 2.05) is 27.7 Å². The summed E-state index contributed by atoms with van der Waals surface area (Å²) in [6.07, 6.45) is 2.85. The third-order valence-corrected chi connectivity index (χ3v) is 21.3. The zero-order valence-electron chi connectivity index (χ0n) is 60.8. The van der Waals surface area contributed by atoms with Crippen LogP contribution in [0.5, 0.6) is 11.5 Å². The highest BCUT2D eigenvalue weighted by Crippen LogP contribution is 2.38. The molecule has 10 rings (SSSR count). The van der Waals surface area contributed by atoms with Crippen LogP contribution in [0.25, 0.3) is 0 Å². The minimum Gasteiger partial charge on any atom is -0.427 e. The molecule has 4 saturated heterocycles. The molecule has 0 bridgehead atoms. The largest absolute Gasteiger partial charge is 0.640 e. The molecule has 4 heterocycles. The van der Waals surface area contributed by atoms with Crippen LogP contribution in [0, 0.1) is 54.6 Å². The number of rotatable bonds is 23. The van der Waals surface area contributed by atoms with Gasteiger partial charge in [-0.3, -0.25) is 0 Å². The molecule has 1 N–H and O–H groups in total. The maximum atomic E-state index is 13.2. The monoisotopic (exact) mass is 2070 g/mol. The smallest absolute Gasteiger partial charge is 0.427 e. The minimum atomic E-state index is -5.87. The van der Waals surface area contributed by atoms with Crippen LogP contribution in [-0.4, -0.2) is 134 Å². The Bertz CT molecular complexity index is 4110. The van der Waals surface area contributed by atoms with E-state index in [0.717, 1.165) is 92.2 Å². The first-order valence-corrected chi connectivity index (χ1v) is 40.2. The Balaban J connectivity index is 0.000000239. The Morgan fingerprint density at radius 1 is 0.423 bits per heavy atom. The molecule has 610 valence electrons. The first kappa shape index (κ1) is 98.2. The van der Waals surface area contributed by atoms with Crippen molar-refractivity contribution < 1.29 is 153 Å². The fraction of sp³-hybridized carbons (Fsp3) is 0.446. The predicted octanol–water partition coefficient (Wildman–Crippen LogP) is 15.7. The minimum absolute atomic E-state index is 0.0210. The van der Waals surface area contributed by atoms with Crippen LogP contribution in [0.3, 0.4) is 0 Å². The van der Waals surface area contributed by atoms with Gasteiger partial charge in [-0.25, -0.2) is 26.3 Å². The highest BCUT2D eigenvalue weighted by atomic mass is 127. The van der Waals surface area contributed by atoms with Crippen molar-refractivity contribution in [2.24, 2.45) is 5.41 Å². The van der Waals surface area contributed by atoms with Gasteiger partial charge in [-0.1, -0.05) is 13.8 Å². The lowest BCUT2D eigenvalue weighted by atomic mass is 9.90. The first-order valence-electron chi connectivity index (χ1n) is 33.1. The van der Waals surface area contributed by atoms with Crippen molar-refractivity contribution >= 4 is 154 Å². The van der Waals surface area contributed by atoms with Gasteiger partial charge in [-0.05, 0) is 282 Å². The van der Waals surface area contributed by atoms with Crippen molar-refractivity contribution in [1.82, 2.24) is 0 Å². The number of hydrogen-bond acceptors (Lipinski definition) is 22. The van der Waals surface area contributed by atoms with Crippen molar-refractivity contribution in [3.63, 3.8) is 0 Å². The lowest BCUT2D eigenvalue weighted by molar-refractivity contribution is -0.0505. The molecule has 6 aromatic rings. The zero-order valence-corrected chi connectivity index (χ0v) is 71.1. The Morgan fingerprint density at radius 3 is 1.01 bits per heavy atom. The van der Waals surface area contributed by atoms with E-state index >= 15 is 0 Å². The van der Waals surface area contributed by atoms with Crippen LogP contribution >= 0.6 is 90.4 Å². The Labute approximate surface area is 692 Å². The molecular weight excluding hydrogens is 2000 g/mol. The Morgan fingerprint density at radius 2 is 0.703 bits per heavy atom. The SMILES string of the molecule is CB(O)OCc1cc(F)ccc1OS(=O)(=O)C(F)(F)F.CC1(C)COB(OCc2cc(F)ccc2I)OC1.CC1(C)OB(OCc2cc(F)ccc2I)OC1(C)C.COB(C)OCc1cc(F)ccc1OS(=O)(=O)C(F)(F)F.Fc1ccc(I)c(COB2OCCCCO2)c1.Fc1ccc(I)c(COB2OCCCO2)c1. The van der Waals surface area contributed by atoms with Crippen LogP contribution in [0.4, 0.5) is 52.7 Å². The van der Waals surface area contributed by atoms with Gasteiger partial charge in [-0.2, -0.15) is 43.2 Å². The molecular formula is C65H76B6F12I4O22S2. The maximum absolute atomic E-state index is 13.2. The number of benzene rings is 6. The lowest BCUT2D eigenvalue weighted by Gasteiger charge is -2.32. The van der Waals surface area contributed by atoms with Gasteiger partial charge in [0.2, 0.25) is 0 Å². The molecule has 0 spiro atoms. The molecule has 0 radical (unpaired) electrons. The Hall–Kier alpha value is -3.35. The summed E-state index contributed by atoms with van der Waals surface area (Å²) in [5.74, 6) is -4.06. The van der Waals surface area contributed by atoms with E-state index in [9.17, 15) is 69.5 Å². The standard InChI is InChI=1S/C13H17BFIO3.C12H15BFIO3.C11H13BFIO3.C10H11BF4O5S.C10H11BFIO3.C9H9BF4O5S/c1-12(2)13(3,4)19-14(18-12)17-8-9-7-10(15)5-6-11(9)16;1-12(2)7-17-13(18-8-12)16-6-9-5-10(14)3-4-11(9)15;13-10-3-4-11(14)9(7-10)8-17-12-15-5-1-2-6-16-12;1-11(18-2)19-6-7-5-8(12)3-4-9(7)20-21(16,17)10(13,14)15;12-9-2-3-10(13)8(6-9)7-16-11-14-4-1-5-15-11;1-10(15)18-5-6-4-7(11)2-3-8(6)19-20(16,17)9(12,13)14/h5-7H,8H2,1-4H3;3-5H,6-8H2,1-2H3;3-4,7H,1-2,5-6,8H2;3-5H,6H2,1-2H3;2-3,6H,1,4-5,7H2;2-4,15H,5H2,1H3. The van der Waals surface area contributed by atoms with Gasteiger partial charge in [0.1, 0.15) is 46.4 Å². The summed E-state index contributed by atoms with van der Waals surface area (Å²) in [6, 6.07) is 23.0. The van der Waals surface area contributed by atoms with Crippen molar-refractivity contribution in [2.75, 3.05) is 46.8 Å². The van der Waals surface area contributed by atoms with E-state index in [4.69, 9.17) is 70.2 Å². The van der Waals surface area contributed by atoms with Crippen molar-refractivity contribution in [2.45, 2.75) is 136 Å². The van der Waals surface area contributed by atoms with Crippen LogP contribution in [0.2, 0.25) is 13.6 Å². The van der Waals surface area contributed by atoms with Gasteiger partial charge in [0.05, 0.1) is 50.8 Å². The molecule has 0 unspecified atom stereocenters. The summed E-state index contributed by atoms with van der Waals surface area (Å²) in [6.45, 7) is 18.6. The summed E-state index contributed by atoms with van der Waals surface area (Å²) in [5.41, 5.74) is -9.32. The molecule has 0 atom stereocenters. The van der Waals surface area contributed by atoms with Crippen LogP contribution < -0.4 is 8.37 Å². The zero-order chi connectivity index (χ0) is 82.7. The summed E-state index contributed by atoms with van der Waals surface area (Å²) in [4.78, 5) is 0. The van der Waals surface area contributed by atoms with Crippen molar-refractivity contribution in [3.05, 3.63) is 192 Å². The van der Waals surface area contributed by atoms with Gasteiger partial charge in [0.25, 0.3) is 0 Å². The number of hydrogen-bond donors (Lipinski definition) is 1. The average Bonchev–Trinajstić information content (AvgIpc) is 1.67. The van der Waals surface area contributed by atoms with Crippen LogP contribution in [0.15, 0.2) is 109 Å². The van der Waals surface area contributed by atoms with Crippen LogP contribution in [0.1, 0.15) is 94.2 Å². The normalized spacial score (nSPS) is 16.2. The maximum Gasteiger partial charge on any atom is 0.640 e. The molecule has 0 amide bonds. The van der Waals surface area contributed by atoms with Gasteiger partial charge in [-0.15, -0.1) is 0 Å². The highest BCUT2D eigenvalue weighted by molar-refractivity contribution is 14.1. The van der Waals surface area contributed by atoms with E-state index in [1.165, 1.54) is 69.3 Å². The molecule has 46 heteroatoms. The molecule has 0 aliphatic carbocycles. The summed E-state index contributed by atoms with van der Waals surface area (Å²) in [7, 11) is -15.0. The number of halogens is 16. The van der Waals surface area contributed by atoms with Crippen molar-refractivity contribution in [3.8, 4) is 11.5 Å². The second-order valence-corrected chi connectivity index (χ2v) is 33.1. The van der Waals surface area contributed by atoms with E-state index in [-0.39, 0.29) is 53.0 Å². The number of alkyl halides is 6. The third-order valence-electron chi connectivity index (χ3n) is 15.1. The molecule has 4 aliphatic rings. The fourth-order valence-corrected chi connectivity index (χ4v) is 11.4. The molecule has 22 nitrogen and oxygen atoms in total. The summed E-state index contributed by atoms with van der Waals surface area (Å²) >= 11 is 8.59. The third kappa shape index (κ3) is 35.0. The fourth-order valence-electron chi connectivity index (χ4n) is 8.45. The summed E-state index contributed by atoms with van der Waals surface area (Å²) in [5, 5.41) is 8.88. The molecule has 6 aromatic carbocycles. The highest BCUT2D eigenvalue weighted by Gasteiger charge is 2.53. The van der Waals surface area contributed by atoms with Gasteiger partial charge < -0.3 is 83.2 Å². The quantitative estimate of drug-likeness (QED) is 0.0206. The van der Waals surface area contributed by atoms with E-state index < -0.39 is 122 Å². The lowest BCUT2D eigenvalue weighted by Crippen LogP contribution is -2.42. The van der Waals surface area contributed by atoms with Gasteiger partial charge in [0, 0.05) is 77.6 Å². The molecule has 0 aromatic heterocycles. The summed E-state index contributed by atoms with van der Waals surface area (Å²) < 4.78 is 287. The average molecular weight is 2070 g/mol. The van der Waals surface area contributed by atoms with E-state index in [2.05, 4.69) is 117 Å². The van der Waals surface area contributed by atoms with Crippen LogP contribution in [-0.2, 0) is 130 Å². The topological polar surface area (TPSA) is 245 Å². The van der Waals surface area contributed by atoms with E-state index in [0.29, 0.717) is 52.9 Å².